The first-order valence-electron chi connectivity index (χ1n) is 10.4. The first kappa shape index (κ1) is 18.8. The fraction of sp³-hybridized carbons (Fsp3) is 0.391. The Kier molecular flexibility index (Phi) is 4.73. The van der Waals surface area contributed by atoms with Crippen LogP contribution in [-0.2, 0) is 13.0 Å². The Bertz CT molecular complexity index is 1100. The molecule has 0 radical (unpaired) electrons. The predicted molar refractivity (Wildman–Crippen MR) is 117 cm³/mol. The van der Waals surface area contributed by atoms with Gasteiger partial charge in [-0.1, -0.05) is 6.07 Å². The molecule has 0 saturated heterocycles. The smallest absolute Gasteiger partial charge is 0.204 e. The van der Waals surface area contributed by atoms with Crippen molar-refractivity contribution in [3.05, 3.63) is 41.7 Å². The van der Waals surface area contributed by atoms with Crippen LogP contribution in [0.4, 0.5) is 11.5 Å². The summed E-state index contributed by atoms with van der Waals surface area (Å²) in [6.45, 7) is 1.61. The number of benzene rings is 1. The molecule has 0 amide bonds. The molecule has 7 heteroatoms. The van der Waals surface area contributed by atoms with Gasteiger partial charge in [-0.05, 0) is 30.9 Å². The summed E-state index contributed by atoms with van der Waals surface area (Å²) < 4.78 is 17.5. The van der Waals surface area contributed by atoms with E-state index in [0.29, 0.717) is 22.9 Å². The number of pyridine rings is 2. The van der Waals surface area contributed by atoms with Gasteiger partial charge in [-0.15, -0.1) is 0 Å². The van der Waals surface area contributed by atoms with Crippen LogP contribution in [0.3, 0.4) is 0 Å². The number of nitrogens with zero attached hydrogens (tertiary/aromatic N) is 3. The molecule has 2 N–H and O–H groups in total. The maximum absolute atomic E-state index is 6.55. The van der Waals surface area contributed by atoms with Gasteiger partial charge in [-0.25, -0.2) is 4.98 Å². The molecule has 1 aliphatic carbocycles. The molecule has 7 nitrogen and oxygen atoms in total. The van der Waals surface area contributed by atoms with Gasteiger partial charge in [0.1, 0.15) is 5.82 Å². The standard InChI is InChI=1S/C23H26N4O3/c1-28-19-12-18-21(23(22(19)29-2)30-15-6-3-7-15)16(24)11-20(26-18)27-10-8-17-14(13-27)5-4-9-25-17/h4-5,9,11-12,15H,3,6-8,10,13H2,1-2H3,(H2,24,26). The largest absolute Gasteiger partial charge is 0.493 e. The monoisotopic (exact) mass is 406 g/mol. The fourth-order valence-electron chi connectivity index (χ4n) is 4.17. The molecule has 1 saturated carbocycles. The van der Waals surface area contributed by atoms with Crippen molar-refractivity contribution in [2.24, 2.45) is 0 Å². The van der Waals surface area contributed by atoms with E-state index in [9.17, 15) is 0 Å². The van der Waals surface area contributed by atoms with Gasteiger partial charge >= 0.3 is 0 Å². The number of hydrogen-bond donors (Lipinski definition) is 1. The zero-order valence-corrected chi connectivity index (χ0v) is 17.4. The van der Waals surface area contributed by atoms with Crippen LogP contribution in [0.15, 0.2) is 30.5 Å². The average molecular weight is 406 g/mol. The SMILES string of the molecule is COc1cc2nc(N3CCc4ncccc4C3)cc(N)c2c(OC2CCC2)c1OC. The van der Waals surface area contributed by atoms with Crippen LogP contribution in [0.25, 0.3) is 10.9 Å². The van der Waals surface area contributed by atoms with E-state index in [1.54, 1.807) is 14.2 Å². The predicted octanol–water partition coefficient (Wildman–Crippen LogP) is 3.72. The van der Waals surface area contributed by atoms with Crippen LogP contribution < -0.4 is 24.8 Å². The lowest BCUT2D eigenvalue weighted by molar-refractivity contribution is 0.117. The van der Waals surface area contributed by atoms with Gasteiger partial charge in [-0.3, -0.25) is 4.98 Å². The summed E-state index contributed by atoms with van der Waals surface area (Å²) in [5, 5.41) is 0.780. The molecule has 5 rings (SSSR count). The second kappa shape index (κ2) is 7.55. The molecule has 1 aromatic carbocycles. The molecule has 1 aliphatic heterocycles. The highest BCUT2D eigenvalue weighted by atomic mass is 16.5. The molecule has 1 fully saturated rings. The quantitative estimate of drug-likeness (QED) is 0.691. The molecule has 156 valence electrons. The van der Waals surface area contributed by atoms with Crippen molar-refractivity contribution in [1.82, 2.24) is 9.97 Å². The molecular weight excluding hydrogens is 380 g/mol. The second-order valence-electron chi connectivity index (χ2n) is 7.86. The maximum atomic E-state index is 6.55. The van der Waals surface area contributed by atoms with Gasteiger partial charge in [0.2, 0.25) is 5.75 Å². The lowest BCUT2D eigenvalue weighted by Crippen LogP contribution is -2.31. The number of hydrogen-bond acceptors (Lipinski definition) is 7. The first-order valence-corrected chi connectivity index (χ1v) is 10.4. The lowest BCUT2D eigenvalue weighted by atomic mass is 9.96. The first-order chi connectivity index (χ1) is 14.7. The summed E-state index contributed by atoms with van der Waals surface area (Å²) in [4.78, 5) is 11.7. The molecule has 0 atom stereocenters. The second-order valence-corrected chi connectivity index (χ2v) is 7.86. The van der Waals surface area contributed by atoms with Gasteiger partial charge in [0.15, 0.2) is 11.5 Å². The van der Waals surface area contributed by atoms with Gasteiger partial charge in [0.05, 0.1) is 31.2 Å². The van der Waals surface area contributed by atoms with Crippen LogP contribution in [0, 0.1) is 0 Å². The zero-order chi connectivity index (χ0) is 20.7. The van der Waals surface area contributed by atoms with E-state index in [1.165, 1.54) is 12.0 Å². The highest BCUT2D eigenvalue weighted by Crippen LogP contribution is 2.47. The van der Waals surface area contributed by atoms with Crippen LogP contribution in [0.1, 0.15) is 30.5 Å². The molecule has 2 aromatic heterocycles. The highest BCUT2D eigenvalue weighted by molar-refractivity contribution is 6.00. The molecule has 30 heavy (non-hydrogen) atoms. The van der Waals surface area contributed by atoms with Crippen molar-refractivity contribution < 1.29 is 14.2 Å². The Labute approximate surface area is 175 Å². The van der Waals surface area contributed by atoms with Gasteiger partial charge in [0, 0.05) is 49.2 Å². The third-order valence-corrected chi connectivity index (χ3v) is 6.04. The summed E-state index contributed by atoms with van der Waals surface area (Å²) in [6, 6.07) is 7.91. The number of anilines is 2. The highest BCUT2D eigenvalue weighted by Gasteiger charge is 2.27. The Morgan fingerprint density at radius 1 is 1.13 bits per heavy atom. The van der Waals surface area contributed by atoms with Crippen molar-refractivity contribution in [3.8, 4) is 17.2 Å². The molecule has 2 aliphatic rings. The summed E-state index contributed by atoms with van der Waals surface area (Å²) in [7, 11) is 3.24. The van der Waals surface area contributed by atoms with E-state index in [1.807, 2.05) is 24.4 Å². The summed E-state index contributed by atoms with van der Waals surface area (Å²) in [6.07, 6.45) is 6.17. The topological polar surface area (TPSA) is 82.7 Å². The van der Waals surface area contributed by atoms with Crippen molar-refractivity contribution >= 4 is 22.4 Å². The van der Waals surface area contributed by atoms with E-state index in [2.05, 4.69) is 16.0 Å². The Balaban J connectivity index is 1.59. The van der Waals surface area contributed by atoms with Crippen molar-refractivity contribution in [2.45, 2.75) is 38.3 Å². The number of nitrogens with two attached hydrogens (primary N) is 1. The Morgan fingerprint density at radius 3 is 2.73 bits per heavy atom. The van der Waals surface area contributed by atoms with Gasteiger partial charge in [-0.2, -0.15) is 0 Å². The van der Waals surface area contributed by atoms with Gasteiger partial charge in [0.25, 0.3) is 0 Å². The summed E-state index contributed by atoms with van der Waals surface area (Å²) >= 11 is 0. The number of aromatic nitrogens is 2. The minimum Gasteiger partial charge on any atom is -0.493 e. The average Bonchev–Trinajstić information content (AvgIpc) is 2.74. The summed E-state index contributed by atoms with van der Waals surface area (Å²) in [5.74, 6) is 2.63. The van der Waals surface area contributed by atoms with Crippen LogP contribution in [0.2, 0.25) is 0 Å². The number of rotatable bonds is 5. The molecule has 0 unspecified atom stereocenters. The van der Waals surface area contributed by atoms with Crippen molar-refractivity contribution in [2.75, 3.05) is 31.4 Å². The number of nitrogen functional groups attached to an aromatic ring is 1. The Morgan fingerprint density at radius 2 is 2.00 bits per heavy atom. The molecule has 3 aromatic rings. The van der Waals surface area contributed by atoms with Crippen molar-refractivity contribution in [1.29, 1.82) is 0 Å². The van der Waals surface area contributed by atoms with E-state index < -0.39 is 0 Å². The van der Waals surface area contributed by atoms with E-state index >= 15 is 0 Å². The number of methoxy groups -OCH3 is 2. The van der Waals surface area contributed by atoms with Crippen molar-refractivity contribution in [3.63, 3.8) is 0 Å². The maximum Gasteiger partial charge on any atom is 0.204 e. The molecule has 3 heterocycles. The third kappa shape index (κ3) is 3.14. The van der Waals surface area contributed by atoms with Crippen LogP contribution in [-0.4, -0.2) is 36.8 Å². The van der Waals surface area contributed by atoms with Crippen LogP contribution >= 0.6 is 0 Å². The molecule has 0 spiro atoms. The minimum atomic E-state index is 0.180. The fourth-order valence-corrected chi connectivity index (χ4v) is 4.17. The van der Waals surface area contributed by atoms with Gasteiger partial charge < -0.3 is 24.8 Å². The van der Waals surface area contributed by atoms with E-state index in [4.69, 9.17) is 24.9 Å². The zero-order valence-electron chi connectivity index (χ0n) is 17.4. The minimum absolute atomic E-state index is 0.180. The summed E-state index contributed by atoms with van der Waals surface area (Å²) in [5.41, 5.74) is 10.3. The number of ether oxygens (including phenoxy) is 3. The van der Waals surface area contributed by atoms with E-state index in [-0.39, 0.29) is 6.10 Å². The normalized spacial score (nSPS) is 16.1. The molecule has 0 bridgehead atoms. The Hall–Kier alpha value is -3.22. The third-order valence-electron chi connectivity index (χ3n) is 6.04. The molecular formula is C23H26N4O3. The number of fused-ring (bicyclic) bond motifs is 2. The van der Waals surface area contributed by atoms with E-state index in [0.717, 1.165) is 54.8 Å². The van der Waals surface area contributed by atoms with Crippen LogP contribution in [0.5, 0.6) is 17.2 Å². The lowest BCUT2D eigenvalue weighted by Gasteiger charge is -2.30.